The molecule has 1 saturated heterocycles. The predicted molar refractivity (Wildman–Crippen MR) is 111 cm³/mol. The summed E-state index contributed by atoms with van der Waals surface area (Å²) >= 11 is 0. The van der Waals surface area contributed by atoms with Crippen LogP contribution in [0.5, 0.6) is 0 Å². The third-order valence-electron chi connectivity index (χ3n) is 6.52. The first-order valence-corrected chi connectivity index (χ1v) is 10.6. The van der Waals surface area contributed by atoms with Gasteiger partial charge in [0.05, 0.1) is 0 Å². The Balaban J connectivity index is 1.27. The third-order valence-corrected chi connectivity index (χ3v) is 6.52. The van der Waals surface area contributed by atoms with E-state index in [-0.39, 0.29) is 11.5 Å². The van der Waals surface area contributed by atoms with Crippen molar-refractivity contribution in [1.82, 2.24) is 14.0 Å². The van der Waals surface area contributed by atoms with Crippen molar-refractivity contribution in [3.05, 3.63) is 57.8 Å². The molecule has 0 aromatic carbocycles. The molecule has 28 heavy (non-hydrogen) atoms. The van der Waals surface area contributed by atoms with Gasteiger partial charge in [0.25, 0.3) is 5.56 Å². The standard InChI is InChI=1S/C23H31N3O2/c1-17-10-11-18(2)25(17)12-5-3-4-8-22(27)24-14-19-13-20(16-24)21-7-6-9-23(28)26(21)15-19/h6-7,9-11,19-20H,3-5,8,12-16H2,1-2H3/t19-,20+/m0/s1. The third kappa shape index (κ3) is 3.80. The molecule has 4 heterocycles. The van der Waals surface area contributed by atoms with Gasteiger partial charge in [-0.15, -0.1) is 0 Å². The van der Waals surface area contributed by atoms with Crippen molar-refractivity contribution in [3.63, 3.8) is 0 Å². The fraction of sp³-hybridized carbons (Fsp3) is 0.565. The molecular weight excluding hydrogens is 350 g/mol. The summed E-state index contributed by atoms with van der Waals surface area (Å²) in [5, 5.41) is 0. The molecule has 2 bridgehead atoms. The van der Waals surface area contributed by atoms with Gasteiger partial charge in [0.2, 0.25) is 5.91 Å². The summed E-state index contributed by atoms with van der Waals surface area (Å²) in [5.74, 6) is 1.01. The van der Waals surface area contributed by atoms with Gasteiger partial charge in [-0.25, -0.2) is 0 Å². The lowest BCUT2D eigenvalue weighted by Crippen LogP contribution is -2.49. The summed E-state index contributed by atoms with van der Waals surface area (Å²) in [7, 11) is 0. The lowest BCUT2D eigenvalue weighted by Gasteiger charge is -2.42. The molecule has 2 aliphatic heterocycles. The van der Waals surface area contributed by atoms with Gasteiger partial charge in [-0.1, -0.05) is 12.5 Å². The van der Waals surface area contributed by atoms with Gasteiger partial charge >= 0.3 is 0 Å². The van der Waals surface area contributed by atoms with Gasteiger partial charge in [0.15, 0.2) is 0 Å². The van der Waals surface area contributed by atoms with Gasteiger partial charge < -0.3 is 14.0 Å². The lowest BCUT2D eigenvalue weighted by atomic mass is 9.83. The van der Waals surface area contributed by atoms with Crippen molar-refractivity contribution in [2.45, 2.75) is 65.0 Å². The summed E-state index contributed by atoms with van der Waals surface area (Å²) in [4.78, 5) is 26.9. The second-order valence-electron chi connectivity index (χ2n) is 8.58. The van der Waals surface area contributed by atoms with Crippen LogP contribution in [0.3, 0.4) is 0 Å². The van der Waals surface area contributed by atoms with Crippen LogP contribution in [0, 0.1) is 19.8 Å². The number of carbonyl (C=O) groups excluding carboxylic acids is 1. The van der Waals surface area contributed by atoms with Crippen LogP contribution in [0.4, 0.5) is 0 Å². The number of nitrogens with zero attached hydrogens (tertiary/aromatic N) is 3. The molecule has 2 aromatic heterocycles. The Labute approximate surface area is 167 Å². The molecule has 5 heteroatoms. The van der Waals surface area contributed by atoms with Crippen molar-refractivity contribution in [2.24, 2.45) is 5.92 Å². The number of aromatic nitrogens is 2. The SMILES string of the molecule is Cc1ccc(C)n1CCCCCC(=O)N1C[C@@H]2C[C@H](C1)c1cccc(=O)n1C2. The van der Waals surface area contributed by atoms with E-state index >= 15 is 0 Å². The number of fused-ring (bicyclic) bond motifs is 4. The maximum Gasteiger partial charge on any atom is 0.250 e. The zero-order chi connectivity index (χ0) is 19.7. The average Bonchev–Trinajstić information content (AvgIpc) is 3.00. The van der Waals surface area contributed by atoms with E-state index in [1.807, 2.05) is 10.6 Å². The summed E-state index contributed by atoms with van der Waals surface area (Å²) in [6, 6.07) is 9.88. The first kappa shape index (κ1) is 19.0. The Morgan fingerprint density at radius 1 is 1.00 bits per heavy atom. The lowest BCUT2D eigenvalue weighted by molar-refractivity contribution is -0.134. The normalized spacial score (nSPS) is 20.9. The molecule has 5 nitrogen and oxygen atoms in total. The van der Waals surface area contributed by atoms with E-state index in [2.05, 4.69) is 41.5 Å². The molecule has 2 atom stereocenters. The second kappa shape index (κ2) is 7.98. The van der Waals surface area contributed by atoms with Crippen molar-refractivity contribution < 1.29 is 4.79 Å². The largest absolute Gasteiger partial charge is 0.349 e. The first-order chi connectivity index (χ1) is 13.5. The summed E-state index contributed by atoms with van der Waals surface area (Å²) in [5.41, 5.74) is 3.83. The van der Waals surface area contributed by atoms with Gasteiger partial charge in [-0.3, -0.25) is 9.59 Å². The van der Waals surface area contributed by atoms with Gasteiger partial charge in [-0.05, 0) is 57.2 Å². The van der Waals surface area contributed by atoms with Crippen LogP contribution >= 0.6 is 0 Å². The van der Waals surface area contributed by atoms with E-state index < -0.39 is 0 Å². The Morgan fingerprint density at radius 2 is 1.79 bits per heavy atom. The number of likely N-dealkylation sites (tertiary alicyclic amines) is 1. The van der Waals surface area contributed by atoms with Crippen LogP contribution in [-0.4, -0.2) is 33.0 Å². The number of pyridine rings is 1. The zero-order valence-corrected chi connectivity index (χ0v) is 17.1. The number of rotatable bonds is 6. The molecule has 150 valence electrons. The van der Waals surface area contributed by atoms with E-state index in [1.165, 1.54) is 11.4 Å². The highest BCUT2D eigenvalue weighted by molar-refractivity contribution is 5.76. The van der Waals surface area contributed by atoms with E-state index in [4.69, 9.17) is 0 Å². The van der Waals surface area contributed by atoms with Crippen LogP contribution in [-0.2, 0) is 17.9 Å². The molecule has 2 aromatic rings. The van der Waals surface area contributed by atoms with E-state index in [0.29, 0.717) is 18.3 Å². The fourth-order valence-electron chi connectivity index (χ4n) is 5.03. The number of amides is 1. The Bertz CT molecular complexity index is 891. The monoisotopic (exact) mass is 381 g/mol. The Hall–Kier alpha value is -2.30. The van der Waals surface area contributed by atoms with Crippen molar-refractivity contribution in [3.8, 4) is 0 Å². The molecule has 4 rings (SSSR count). The minimum absolute atomic E-state index is 0.0974. The van der Waals surface area contributed by atoms with Crippen LogP contribution < -0.4 is 5.56 Å². The van der Waals surface area contributed by atoms with Crippen LogP contribution in [0.15, 0.2) is 35.1 Å². The summed E-state index contributed by atoms with van der Waals surface area (Å²) < 4.78 is 4.28. The Morgan fingerprint density at radius 3 is 2.57 bits per heavy atom. The fourth-order valence-corrected chi connectivity index (χ4v) is 5.03. The number of aryl methyl sites for hydroxylation is 2. The molecule has 0 unspecified atom stereocenters. The molecular formula is C23H31N3O2. The minimum Gasteiger partial charge on any atom is -0.349 e. The number of hydrogen-bond donors (Lipinski definition) is 0. The molecule has 1 fully saturated rings. The molecule has 1 amide bonds. The van der Waals surface area contributed by atoms with E-state index in [1.54, 1.807) is 6.07 Å². The van der Waals surface area contributed by atoms with Crippen molar-refractivity contribution >= 4 is 5.91 Å². The molecule has 0 spiro atoms. The highest BCUT2D eigenvalue weighted by Crippen LogP contribution is 2.35. The number of carbonyl (C=O) groups is 1. The quantitative estimate of drug-likeness (QED) is 0.720. The number of piperidine rings is 1. The van der Waals surface area contributed by atoms with E-state index in [0.717, 1.165) is 57.6 Å². The van der Waals surface area contributed by atoms with Crippen LogP contribution in [0.2, 0.25) is 0 Å². The summed E-state index contributed by atoms with van der Waals surface area (Å²) in [6.45, 7) is 7.66. The second-order valence-corrected chi connectivity index (χ2v) is 8.58. The van der Waals surface area contributed by atoms with Gasteiger partial charge in [-0.2, -0.15) is 0 Å². The van der Waals surface area contributed by atoms with E-state index in [9.17, 15) is 9.59 Å². The molecule has 0 saturated carbocycles. The Kier molecular flexibility index (Phi) is 5.42. The highest BCUT2D eigenvalue weighted by atomic mass is 16.2. The van der Waals surface area contributed by atoms with Crippen LogP contribution in [0.25, 0.3) is 0 Å². The predicted octanol–water partition coefficient (Wildman–Crippen LogP) is 3.47. The average molecular weight is 382 g/mol. The maximum absolute atomic E-state index is 12.8. The number of unbranched alkanes of at least 4 members (excludes halogenated alkanes) is 2. The molecule has 0 radical (unpaired) electrons. The topological polar surface area (TPSA) is 47.2 Å². The smallest absolute Gasteiger partial charge is 0.250 e. The molecule has 0 aliphatic carbocycles. The van der Waals surface area contributed by atoms with Gasteiger partial charge in [0, 0.05) is 61.7 Å². The number of hydrogen-bond acceptors (Lipinski definition) is 2. The maximum atomic E-state index is 12.8. The van der Waals surface area contributed by atoms with Crippen molar-refractivity contribution in [1.29, 1.82) is 0 Å². The van der Waals surface area contributed by atoms with Crippen LogP contribution in [0.1, 0.15) is 55.1 Å². The molecule has 0 N–H and O–H groups in total. The zero-order valence-electron chi connectivity index (χ0n) is 17.1. The molecule has 2 aliphatic rings. The highest BCUT2D eigenvalue weighted by Gasteiger charge is 2.35. The van der Waals surface area contributed by atoms with Gasteiger partial charge in [0.1, 0.15) is 0 Å². The first-order valence-electron chi connectivity index (χ1n) is 10.6. The minimum atomic E-state index is 0.0974. The summed E-state index contributed by atoms with van der Waals surface area (Å²) in [6.07, 6.45) is 4.90. The van der Waals surface area contributed by atoms with Crippen molar-refractivity contribution in [2.75, 3.05) is 13.1 Å².